The van der Waals surface area contributed by atoms with Gasteiger partial charge in [-0.2, -0.15) is 0 Å². The number of fused-ring (bicyclic) bond motifs is 3. The molecular weight excluding hydrogens is 575 g/mol. The molecule has 1 aromatic carbocycles. The minimum Gasteiger partial charge on any atom is -0.491 e. The average molecular weight is 609 g/mol. The van der Waals surface area contributed by atoms with Gasteiger partial charge in [0.25, 0.3) is 11.8 Å². The number of hydrogen-bond acceptors (Lipinski definition) is 8. The van der Waals surface area contributed by atoms with Gasteiger partial charge in [0, 0.05) is 44.6 Å². The molecule has 3 amide bonds. The monoisotopic (exact) mass is 608 g/mol. The number of hydrogen-bond donors (Lipinski definition) is 3. The van der Waals surface area contributed by atoms with Crippen molar-refractivity contribution in [1.82, 2.24) is 40.5 Å². The van der Waals surface area contributed by atoms with Gasteiger partial charge >= 0.3 is 0 Å². The van der Waals surface area contributed by atoms with Gasteiger partial charge in [0.1, 0.15) is 30.0 Å². The molecule has 0 fully saturated rings. The van der Waals surface area contributed by atoms with Crippen molar-refractivity contribution in [2.24, 2.45) is 5.92 Å². The number of nitrogens with zero attached hydrogens (tertiary/aromatic N) is 5. The molecule has 3 aromatic heterocycles. The summed E-state index contributed by atoms with van der Waals surface area (Å²) in [6.45, 7) is 5.10. The largest absolute Gasteiger partial charge is 0.491 e. The zero-order valence-electron chi connectivity index (χ0n) is 23.9. The summed E-state index contributed by atoms with van der Waals surface area (Å²) in [5, 5.41) is 14.0. The number of benzene rings is 1. The van der Waals surface area contributed by atoms with Gasteiger partial charge < -0.3 is 25.3 Å². The second kappa shape index (κ2) is 13.6. The van der Waals surface area contributed by atoms with Gasteiger partial charge in [0.05, 0.1) is 27.6 Å². The van der Waals surface area contributed by atoms with E-state index in [1.54, 1.807) is 34.2 Å². The van der Waals surface area contributed by atoms with E-state index in [9.17, 15) is 18.8 Å². The summed E-state index contributed by atoms with van der Waals surface area (Å²) >= 11 is 1.33. The molecule has 5 rings (SSSR count). The number of amides is 3. The van der Waals surface area contributed by atoms with E-state index in [0.29, 0.717) is 42.3 Å². The predicted octanol–water partition coefficient (Wildman–Crippen LogP) is 2.91. The van der Waals surface area contributed by atoms with Crippen LogP contribution in [0.25, 0.3) is 10.7 Å². The minimum absolute atomic E-state index is 0.0106. The lowest BCUT2D eigenvalue weighted by atomic mass is 10.0. The zero-order chi connectivity index (χ0) is 30.3. The summed E-state index contributed by atoms with van der Waals surface area (Å²) < 4.78 is 21.6. The fraction of sp³-hybridized carbons (Fsp3) is 0.379. The average Bonchev–Trinajstić information content (AvgIpc) is 3.76. The molecule has 0 unspecified atom stereocenters. The first-order valence-corrected chi connectivity index (χ1v) is 14.9. The summed E-state index contributed by atoms with van der Waals surface area (Å²) in [7, 11) is 0. The number of nitrogens with one attached hydrogen (secondary N) is 3. The Balaban J connectivity index is 1.38. The summed E-state index contributed by atoms with van der Waals surface area (Å²) in [6.07, 6.45) is 5.96. The number of thiophene rings is 1. The van der Waals surface area contributed by atoms with E-state index in [0.717, 1.165) is 10.9 Å². The molecule has 0 saturated carbocycles. The van der Waals surface area contributed by atoms with Crippen molar-refractivity contribution in [2.75, 3.05) is 26.2 Å². The van der Waals surface area contributed by atoms with Crippen LogP contribution < -0.4 is 15.4 Å². The van der Waals surface area contributed by atoms with E-state index in [4.69, 9.17) is 4.74 Å². The Morgan fingerprint density at radius 2 is 2.05 bits per heavy atom. The maximum Gasteiger partial charge on any atom is 0.264 e. The molecule has 43 heavy (non-hydrogen) atoms. The fourth-order valence-electron chi connectivity index (χ4n) is 4.69. The molecule has 0 aliphatic carbocycles. The quantitative estimate of drug-likeness (QED) is 0.323. The lowest BCUT2D eigenvalue weighted by Crippen LogP contribution is -2.49. The minimum atomic E-state index is -0.871. The molecule has 2 bridgehead atoms. The van der Waals surface area contributed by atoms with Crippen molar-refractivity contribution in [2.45, 2.75) is 39.3 Å². The molecule has 0 spiro atoms. The van der Waals surface area contributed by atoms with Gasteiger partial charge in [-0.15, -0.1) is 16.4 Å². The third kappa shape index (κ3) is 7.63. The van der Waals surface area contributed by atoms with Crippen LogP contribution in [-0.4, -0.2) is 79.9 Å². The molecule has 3 N–H and O–H groups in total. The predicted molar refractivity (Wildman–Crippen MR) is 157 cm³/mol. The number of ether oxygens (including phenoxy) is 1. The topological polar surface area (TPSA) is 147 Å². The Bertz CT molecular complexity index is 1570. The highest BCUT2D eigenvalue weighted by Crippen LogP contribution is 2.26. The van der Waals surface area contributed by atoms with Gasteiger partial charge in [-0.1, -0.05) is 19.1 Å². The van der Waals surface area contributed by atoms with Crippen LogP contribution in [0.3, 0.4) is 0 Å². The highest BCUT2D eigenvalue weighted by Gasteiger charge is 2.26. The van der Waals surface area contributed by atoms with E-state index in [-0.39, 0.29) is 42.8 Å². The number of aromatic amines is 1. The van der Waals surface area contributed by atoms with Gasteiger partial charge in [0.15, 0.2) is 0 Å². The highest BCUT2D eigenvalue weighted by atomic mass is 32.1. The second-order valence-corrected chi connectivity index (χ2v) is 11.6. The molecule has 12 nitrogen and oxygen atoms in total. The standard InChI is InChI=1S/C29H33FN8O4S/c1-18(2)15-22-28(40)33-10-12-37(29(41)25-6-5-24(43-25)26-31-8-9-32-26)11-7-20-17-38(36-35-20)13-14-42-23-4-3-19(30)16-21(23)27(39)34-22/h3-6,8-9,16-18,22H,7,10-15H2,1-2H3,(H,31,32)(H,33,40)(H,34,39)/t22-/m1/s1. The zero-order valence-corrected chi connectivity index (χ0v) is 24.7. The van der Waals surface area contributed by atoms with Gasteiger partial charge in [-0.25, -0.2) is 14.1 Å². The summed E-state index contributed by atoms with van der Waals surface area (Å²) in [4.78, 5) is 50.5. The van der Waals surface area contributed by atoms with Crippen molar-refractivity contribution in [1.29, 1.82) is 0 Å². The van der Waals surface area contributed by atoms with Gasteiger partial charge in [-0.05, 0) is 42.7 Å². The number of halogens is 1. The number of carbonyl (C=O) groups is 3. The van der Waals surface area contributed by atoms with Crippen molar-refractivity contribution in [3.8, 4) is 16.5 Å². The van der Waals surface area contributed by atoms with Gasteiger partial charge in [-0.3, -0.25) is 14.4 Å². The SMILES string of the molecule is CC(C)C[C@H]1NC(=O)c2cc(F)ccc2OCCn2cc(nn2)CCN(C(=O)c2ccc(-c3ncc[nH]3)s2)CCNC1=O. The van der Waals surface area contributed by atoms with Crippen molar-refractivity contribution < 1.29 is 23.5 Å². The molecule has 4 aromatic rings. The molecule has 1 aliphatic heterocycles. The Morgan fingerprint density at radius 1 is 1.19 bits per heavy atom. The third-order valence-corrected chi connectivity index (χ3v) is 7.91. The number of imidazole rings is 1. The van der Waals surface area contributed by atoms with Gasteiger partial charge in [0.2, 0.25) is 5.91 Å². The molecule has 0 radical (unpaired) electrons. The number of H-pyrrole nitrogens is 1. The fourth-order valence-corrected chi connectivity index (χ4v) is 5.63. The Labute approximate surface area is 251 Å². The molecule has 0 saturated heterocycles. The normalized spacial score (nSPS) is 16.9. The van der Waals surface area contributed by atoms with E-state index in [2.05, 4.69) is 30.9 Å². The maximum atomic E-state index is 14.1. The molecule has 226 valence electrons. The second-order valence-electron chi connectivity index (χ2n) is 10.6. The van der Waals surface area contributed by atoms with E-state index in [1.165, 1.54) is 23.5 Å². The summed E-state index contributed by atoms with van der Waals surface area (Å²) in [5.41, 5.74) is 0.674. The van der Waals surface area contributed by atoms with Crippen molar-refractivity contribution in [3.05, 3.63) is 70.9 Å². The van der Waals surface area contributed by atoms with Crippen molar-refractivity contribution in [3.63, 3.8) is 0 Å². The van der Waals surface area contributed by atoms with Crippen LogP contribution in [0.2, 0.25) is 0 Å². The Hall–Kier alpha value is -4.59. The summed E-state index contributed by atoms with van der Waals surface area (Å²) in [6, 6.07) is 6.43. The Kier molecular flexibility index (Phi) is 9.45. The lowest BCUT2D eigenvalue weighted by molar-refractivity contribution is -0.123. The van der Waals surface area contributed by atoms with Crippen LogP contribution in [-0.2, 0) is 17.8 Å². The van der Waals surface area contributed by atoms with E-state index in [1.807, 2.05) is 19.9 Å². The molecule has 1 atom stereocenters. The molecule has 14 heteroatoms. The Morgan fingerprint density at radius 3 is 2.84 bits per heavy atom. The van der Waals surface area contributed by atoms with Crippen LogP contribution in [0.5, 0.6) is 5.75 Å². The van der Waals surface area contributed by atoms with Crippen LogP contribution in [0.4, 0.5) is 4.39 Å². The molecule has 4 heterocycles. The first-order valence-electron chi connectivity index (χ1n) is 14.1. The van der Waals surface area contributed by atoms with Crippen molar-refractivity contribution >= 4 is 29.1 Å². The smallest absolute Gasteiger partial charge is 0.264 e. The lowest BCUT2D eigenvalue weighted by Gasteiger charge is -2.24. The van der Waals surface area contributed by atoms with E-state index < -0.39 is 23.7 Å². The summed E-state index contributed by atoms with van der Waals surface area (Å²) in [5.74, 6) is -0.838. The first-order chi connectivity index (χ1) is 20.8. The maximum absolute atomic E-state index is 14.1. The van der Waals surface area contributed by atoms with Crippen LogP contribution >= 0.6 is 11.3 Å². The van der Waals surface area contributed by atoms with Crippen LogP contribution in [0.1, 0.15) is 46.0 Å². The van der Waals surface area contributed by atoms with Crippen LogP contribution in [0.15, 0.2) is 48.9 Å². The number of rotatable bonds is 4. The third-order valence-electron chi connectivity index (χ3n) is 6.83. The van der Waals surface area contributed by atoms with E-state index >= 15 is 0 Å². The molecular formula is C29H33FN8O4S. The number of aromatic nitrogens is 5. The highest BCUT2D eigenvalue weighted by molar-refractivity contribution is 7.17. The molecule has 1 aliphatic rings. The van der Waals surface area contributed by atoms with Crippen LogP contribution in [0, 0.1) is 11.7 Å². The number of carbonyl (C=O) groups excluding carboxylic acids is 3. The first kappa shape index (κ1) is 29.9.